The first-order chi connectivity index (χ1) is 9.51. The molecule has 7 heteroatoms. The molecule has 0 amide bonds. The van der Waals surface area contributed by atoms with Crippen LogP contribution in [0.5, 0.6) is 0 Å². The molecule has 1 atom stereocenters. The van der Waals surface area contributed by atoms with Crippen molar-refractivity contribution in [2.75, 3.05) is 65.4 Å². The Hall–Kier alpha value is -0.210. The van der Waals surface area contributed by atoms with Crippen molar-refractivity contribution in [1.82, 2.24) is 9.21 Å². The van der Waals surface area contributed by atoms with Gasteiger partial charge in [-0.2, -0.15) is 4.31 Å². The van der Waals surface area contributed by atoms with Crippen LogP contribution in [0, 0.1) is 5.41 Å². The zero-order chi connectivity index (χ0) is 14.6. The van der Waals surface area contributed by atoms with Crippen LogP contribution in [0.25, 0.3) is 0 Å². The number of hydrogen-bond donors (Lipinski definition) is 0. The number of likely N-dealkylation sites (tertiary alicyclic amines) is 1. The second kappa shape index (κ2) is 6.70. The monoisotopic (exact) mass is 306 g/mol. The summed E-state index contributed by atoms with van der Waals surface area (Å²) in [7, 11) is -1.43. The van der Waals surface area contributed by atoms with E-state index in [0.717, 1.165) is 26.1 Å². The Balaban J connectivity index is 2.04. The number of nitrogens with zero attached hydrogens (tertiary/aromatic N) is 2. The maximum Gasteiger partial charge on any atom is 0.213 e. The van der Waals surface area contributed by atoms with E-state index in [9.17, 15) is 8.42 Å². The molecular formula is C13H26N2O4S. The highest BCUT2D eigenvalue weighted by atomic mass is 32.2. The van der Waals surface area contributed by atoms with Crippen LogP contribution in [0.3, 0.4) is 0 Å². The first kappa shape index (κ1) is 16.2. The van der Waals surface area contributed by atoms with Crippen molar-refractivity contribution in [3.05, 3.63) is 0 Å². The lowest BCUT2D eigenvalue weighted by Gasteiger charge is -2.31. The molecule has 2 aliphatic heterocycles. The van der Waals surface area contributed by atoms with Crippen molar-refractivity contribution in [3.63, 3.8) is 0 Å². The summed E-state index contributed by atoms with van der Waals surface area (Å²) in [6.07, 6.45) is 0.993. The normalized spacial score (nSPS) is 29.9. The first-order valence-corrected chi connectivity index (χ1v) is 8.89. The van der Waals surface area contributed by atoms with E-state index in [-0.39, 0.29) is 11.2 Å². The number of sulfonamides is 1. The molecule has 2 aliphatic rings. The van der Waals surface area contributed by atoms with Crippen LogP contribution in [0.2, 0.25) is 0 Å². The third-order valence-electron chi connectivity index (χ3n) is 4.29. The van der Waals surface area contributed by atoms with E-state index >= 15 is 0 Å². The second-order valence-corrected chi connectivity index (χ2v) is 8.06. The van der Waals surface area contributed by atoms with Crippen LogP contribution in [0.4, 0.5) is 0 Å². The molecule has 2 rings (SSSR count). The van der Waals surface area contributed by atoms with E-state index in [4.69, 9.17) is 9.47 Å². The van der Waals surface area contributed by atoms with E-state index in [1.165, 1.54) is 0 Å². The molecule has 6 nitrogen and oxygen atoms in total. The van der Waals surface area contributed by atoms with Crippen LogP contribution in [0.1, 0.15) is 13.3 Å². The predicted molar refractivity (Wildman–Crippen MR) is 77.2 cm³/mol. The van der Waals surface area contributed by atoms with Gasteiger partial charge in [-0.3, -0.25) is 0 Å². The van der Waals surface area contributed by atoms with Gasteiger partial charge in [0.25, 0.3) is 0 Å². The molecule has 0 radical (unpaired) electrons. The molecule has 1 spiro atoms. The van der Waals surface area contributed by atoms with E-state index < -0.39 is 10.0 Å². The fourth-order valence-electron chi connectivity index (χ4n) is 3.06. The lowest BCUT2D eigenvalue weighted by molar-refractivity contribution is 0.0697. The first-order valence-electron chi connectivity index (χ1n) is 7.28. The summed E-state index contributed by atoms with van der Waals surface area (Å²) in [5.74, 6) is 0.163. The minimum absolute atomic E-state index is 0.0491. The molecule has 0 saturated carbocycles. The van der Waals surface area contributed by atoms with E-state index in [2.05, 4.69) is 4.90 Å². The standard InChI is InChI=1S/C13H26N2O4S/c1-3-20(16,17)15-7-9-19-12-13(11-15)4-5-14(10-13)6-8-18-2/h3-12H2,1-2H3/t13-/m0/s1. The van der Waals surface area contributed by atoms with Crippen molar-refractivity contribution in [1.29, 1.82) is 0 Å². The van der Waals surface area contributed by atoms with Gasteiger partial charge in [0.1, 0.15) is 0 Å². The summed E-state index contributed by atoms with van der Waals surface area (Å²) in [6, 6.07) is 0. The smallest absolute Gasteiger partial charge is 0.213 e. The average Bonchev–Trinajstić information content (AvgIpc) is 2.69. The molecule has 0 N–H and O–H groups in total. The quantitative estimate of drug-likeness (QED) is 0.716. The Labute approximate surface area is 122 Å². The molecule has 0 aliphatic carbocycles. The summed E-state index contributed by atoms with van der Waals surface area (Å²) < 4.78 is 36.7. The summed E-state index contributed by atoms with van der Waals surface area (Å²) in [4.78, 5) is 2.34. The van der Waals surface area contributed by atoms with Gasteiger partial charge in [0.2, 0.25) is 10.0 Å². The van der Waals surface area contributed by atoms with Crippen LogP contribution >= 0.6 is 0 Å². The Morgan fingerprint density at radius 2 is 2.10 bits per heavy atom. The van der Waals surface area contributed by atoms with Crippen LogP contribution in [-0.2, 0) is 19.5 Å². The third kappa shape index (κ3) is 3.71. The maximum atomic E-state index is 12.1. The highest BCUT2D eigenvalue weighted by molar-refractivity contribution is 7.89. The van der Waals surface area contributed by atoms with Crippen LogP contribution in [-0.4, -0.2) is 83.0 Å². The number of methoxy groups -OCH3 is 1. The zero-order valence-corrected chi connectivity index (χ0v) is 13.3. The number of rotatable bonds is 5. The van der Waals surface area contributed by atoms with Crippen molar-refractivity contribution in [3.8, 4) is 0 Å². The van der Waals surface area contributed by atoms with Gasteiger partial charge >= 0.3 is 0 Å². The second-order valence-electron chi connectivity index (χ2n) is 5.81. The van der Waals surface area contributed by atoms with Gasteiger partial charge in [-0.05, 0) is 19.9 Å². The highest BCUT2D eigenvalue weighted by Gasteiger charge is 2.43. The van der Waals surface area contributed by atoms with E-state index in [1.54, 1.807) is 18.3 Å². The molecule has 0 aromatic heterocycles. The lowest BCUT2D eigenvalue weighted by Crippen LogP contribution is -2.44. The van der Waals surface area contributed by atoms with Gasteiger partial charge in [0.15, 0.2) is 0 Å². The van der Waals surface area contributed by atoms with Gasteiger partial charge in [0, 0.05) is 38.7 Å². The van der Waals surface area contributed by atoms with Gasteiger partial charge in [-0.25, -0.2) is 8.42 Å². The van der Waals surface area contributed by atoms with Crippen LogP contribution < -0.4 is 0 Å². The number of hydrogen-bond acceptors (Lipinski definition) is 5. The summed E-state index contributed by atoms with van der Waals surface area (Å²) in [5, 5.41) is 0. The lowest BCUT2D eigenvalue weighted by atomic mass is 9.88. The molecule has 0 aromatic carbocycles. The topological polar surface area (TPSA) is 59.1 Å². The average molecular weight is 306 g/mol. The molecule has 20 heavy (non-hydrogen) atoms. The Kier molecular flexibility index (Phi) is 5.42. The van der Waals surface area contributed by atoms with E-state index in [1.807, 2.05) is 0 Å². The fraction of sp³-hybridized carbons (Fsp3) is 1.00. The zero-order valence-electron chi connectivity index (χ0n) is 12.5. The molecule has 0 bridgehead atoms. The van der Waals surface area contributed by atoms with Gasteiger partial charge in [0.05, 0.1) is 25.6 Å². The summed E-state index contributed by atoms with van der Waals surface area (Å²) >= 11 is 0. The Morgan fingerprint density at radius 3 is 2.80 bits per heavy atom. The molecule has 2 saturated heterocycles. The van der Waals surface area contributed by atoms with Gasteiger partial charge in [-0.1, -0.05) is 0 Å². The SMILES string of the molecule is CCS(=O)(=O)N1CCOC[C@]2(CCN(CCOC)C2)C1. The minimum atomic E-state index is -3.13. The summed E-state index contributed by atoms with van der Waals surface area (Å²) in [5.41, 5.74) is -0.0491. The molecular weight excluding hydrogens is 280 g/mol. The van der Waals surface area contributed by atoms with Crippen molar-refractivity contribution >= 4 is 10.0 Å². The third-order valence-corrected chi connectivity index (χ3v) is 6.12. The van der Waals surface area contributed by atoms with Crippen molar-refractivity contribution in [2.24, 2.45) is 5.41 Å². The fourth-order valence-corrected chi connectivity index (χ4v) is 4.25. The Morgan fingerprint density at radius 1 is 1.30 bits per heavy atom. The van der Waals surface area contributed by atoms with Crippen molar-refractivity contribution in [2.45, 2.75) is 13.3 Å². The maximum absolute atomic E-state index is 12.1. The highest BCUT2D eigenvalue weighted by Crippen LogP contribution is 2.34. The van der Waals surface area contributed by atoms with Gasteiger partial charge in [-0.15, -0.1) is 0 Å². The van der Waals surface area contributed by atoms with Gasteiger partial charge < -0.3 is 14.4 Å². The number of ether oxygens (including phenoxy) is 2. The molecule has 0 unspecified atom stereocenters. The summed E-state index contributed by atoms with van der Waals surface area (Å²) in [6.45, 7) is 7.44. The minimum Gasteiger partial charge on any atom is -0.383 e. The van der Waals surface area contributed by atoms with Crippen LogP contribution in [0.15, 0.2) is 0 Å². The van der Waals surface area contributed by atoms with E-state index in [0.29, 0.717) is 32.9 Å². The molecule has 0 aromatic rings. The molecule has 2 heterocycles. The largest absolute Gasteiger partial charge is 0.383 e. The molecule has 2 fully saturated rings. The Bertz CT molecular complexity index is 415. The predicted octanol–water partition coefficient (Wildman–Crippen LogP) is 0.00680. The molecule has 118 valence electrons. The van der Waals surface area contributed by atoms with Crippen molar-refractivity contribution < 1.29 is 17.9 Å².